The van der Waals surface area contributed by atoms with E-state index in [0.717, 1.165) is 0 Å². The van der Waals surface area contributed by atoms with Gasteiger partial charge in [0.15, 0.2) is 4.80 Å². The number of nitrogens with zero attached hydrogens (tertiary/aromatic N) is 3. The Bertz CT molecular complexity index is 1300. The predicted molar refractivity (Wildman–Crippen MR) is 119 cm³/mol. The molecular formula is C21H18N4O6S. The summed E-state index contributed by atoms with van der Waals surface area (Å²) in [7, 11) is 1.27. The summed E-state index contributed by atoms with van der Waals surface area (Å²) in [4.78, 5) is 50.2. The lowest BCUT2D eigenvalue weighted by Gasteiger charge is -2.05. The van der Waals surface area contributed by atoms with Crippen molar-refractivity contribution in [3.05, 3.63) is 69.0 Å². The summed E-state index contributed by atoms with van der Waals surface area (Å²) in [5.41, 5.74) is 1.77. The molecule has 10 nitrogen and oxygen atoms in total. The zero-order chi connectivity index (χ0) is 23.3. The fraction of sp³-hybridized carbons (Fsp3) is 0.143. The average molecular weight is 454 g/mol. The van der Waals surface area contributed by atoms with E-state index in [0.29, 0.717) is 21.5 Å². The Hall–Kier alpha value is -4.12. The third-order valence-electron chi connectivity index (χ3n) is 4.25. The summed E-state index contributed by atoms with van der Waals surface area (Å²) in [6.45, 7) is 1.25. The number of nitro groups is 1. The lowest BCUT2D eigenvalue weighted by molar-refractivity contribution is -0.384. The van der Waals surface area contributed by atoms with Crippen molar-refractivity contribution in [1.82, 2.24) is 4.57 Å². The van der Waals surface area contributed by atoms with E-state index in [2.05, 4.69) is 10.3 Å². The Kier molecular flexibility index (Phi) is 6.90. The number of methoxy groups -OCH3 is 1. The van der Waals surface area contributed by atoms with Crippen molar-refractivity contribution in [1.29, 1.82) is 0 Å². The molecule has 0 radical (unpaired) electrons. The topological polar surface area (TPSA) is 133 Å². The fourth-order valence-corrected chi connectivity index (χ4v) is 3.87. The van der Waals surface area contributed by atoms with Crippen molar-refractivity contribution in [2.45, 2.75) is 13.5 Å². The fourth-order valence-electron chi connectivity index (χ4n) is 2.79. The van der Waals surface area contributed by atoms with Gasteiger partial charge >= 0.3 is 5.97 Å². The third-order valence-corrected chi connectivity index (χ3v) is 5.29. The number of carbonyl (C=O) groups is 3. The van der Waals surface area contributed by atoms with Gasteiger partial charge < -0.3 is 14.6 Å². The molecule has 11 heteroatoms. The molecule has 0 unspecified atom stereocenters. The zero-order valence-corrected chi connectivity index (χ0v) is 17.9. The Morgan fingerprint density at radius 2 is 1.94 bits per heavy atom. The number of amides is 2. The predicted octanol–water partition coefficient (Wildman–Crippen LogP) is 2.88. The van der Waals surface area contributed by atoms with Gasteiger partial charge in [-0.25, -0.2) is 0 Å². The van der Waals surface area contributed by atoms with Gasteiger partial charge in [0.1, 0.15) is 6.54 Å². The van der Waals surface area contributed by atoms with Gasteiger partial charge in [0.05, 0.1) is 22.2 Å². The maximum Gasteiger partial charge on any atom is 0.325 e. The van der Waals surface area contributed by atoms with Crippen molar-refractivity contribution in [2.24, 2.45) is 4.99 Å². The second-order valence-electron chi connectivity index (χ2n) is 6.54. The first-order chi connectivity index (χ1) is 15.3. The summed E-state index contributed by atoms with van der Waals surface area (Å²) in [6, 6.07) is 10.8. The van der Waals surface area contributed by atoms with Crippen LogP contribution in [0.5, 0.6) is 0 Å². The number of thiazole rings is 1. The molecule has 0 bridgehead atoms. The number of fused-ring (bicyclic) bond motifs is 1. The van der Waals surface area contributed by atoms with Gasteiger partial charge in [-0.15, -0.1) is 0 Å². The molecule has 32 heavy (non-hydrogen) atoms. The van der Waals surface area contributed by atoms with Gasteiger partial charge in [-0.05, 0) is 42.0 Å². The van der Waals surface area contributed by atoms with Crippen LogP contribution >= 0.6 is 11.3 Å². The van der Waals surface area contributed by atoms with E-state index in [1.165, 1.54) is 61.8 Å². The highest BCUT2D eigenvalue weighted by atomic mass is 32.1. The number of nitro benzene ring substituents is 1. The molecule has 0 saturated heterocycles. The number of hydrogen-bond acceptors (Lipinski definition) is 7. The van der Waals surface area contributed by atoms with Gasteiger partial charge in [0, 0.05) is 30.8 Å². The number of hydrogen-bond donors (Lipinski definition) is 1. The Morgan fingerprint density at radius 1 is 1.22 bits per heavy atom. The highest BCUT2D eigenvalue weighted by molar-refractivity contribution is 7.16. The molecule has 3 aromatic rings. The summed E-state index contributed by atoms with van der Waals surface area (Å²) in [6.07, 6.45) is 2.72. The second-order valence-corrected chi connectivity index (χ2v) is 7.55. The van der Waals surface area contributed by atoms with Gasteiger partial charge in [0.25, 0.3) is 11.6 Å². The molecule has 0 aliphatic heterocycles. The Morgan fingerprint density at radius 3 is 2.56 bits per heavy atom. The lowest BCUT2D eigenvalue weighted by atomic mass is 10.2. The van der Waals surface area contributed by atoms with Crippen molar-refractivity contribution >= 4 is 56.8 Å². The minimum atomic E-state index is -0.574. The molecule has 0 fully saturated rings. The van der Waals surface area contributed by atoms with Gasteiger partial charge in [0.2, 0.25) is 5.91 Å². The molecule has 2 aromatic carbocycles. The number of rotatable bonds is 6. The molecule has 0 saturated carbocycles. The molecule has 1 N–H and O–H groups in total. The number of non-ortho nitro benzene ring substituents is 1. The van der Waals surface area contributed by atoms with E-state index >= 15 is 0 Å². The highest BCUT2D eigenvalue weighted by Gasteiger charge is 2.12. The summed E-state index contributed by atoms with van der Waals surface area (Å²) in [5.74, 6) is -1.30. The molecule has 1 aromatic heterocycles. The zero-order valence-electron chi connectivity index (χ0n) is 17.1. The number of ether oxygens (including phenoxy) is 1. The van der Waals surface area contributed by atoms with Crippen LogP contribution < -0.4 is 10.1 Å². The highest BCUT2D eigenvalue weighted by Crippen LogP contribution is 2.22. The molecule has 3 rings (SSSR count). The number of anilines is 1. The minimum absolute atomic E-state index is 0.0501. The second kappa shape index (κ2) is 9.79. The van der Waals surface area contributed by atoms with Crippen LogP contribution in [-0.2, 0) is 25.7 Å². The third kappa shape index (κ3) is 5.52. The van der Waals surface area contributed by atoms with Crippen LogP contribution in [-0.4, -0.2) is 34.4 Å². The molecule has 164 valence electrons. The number of aromatic nitrogens is 1. The first-order valence-corrected chi connectivity index (χ1v) is 10.1. The number of benzene rings is 2. The van der Waals surface area contributed by atoms with Crippen LogP contribution in [0.4, 0.5) is 11.4 Å². The number of carbonyl (C=O) groups excluding carboxylic acids is 3. The van der Waals surface area contributed by atoms with Crippen LogP contribution in [0.2, 0.25) is 0 Å². The maximum absolute atomic E-state index is 12.4. The summed E-state index contributed by atoms with van der Waals surface area (Å²) >= 11 is 1.18. The summed E-state index contributed by atoms with van der Waals surface area (Å²) < 4.78 is 7.01. The quantitative estimate of drug-likeness (QED) is 0.264. The summed E-state index contributed by atoms with van der Waals surface area (Å²) in [5, 5.41) is 13.4. The monoisotopic (exact) mass is 454 g/mol. The van der Waals surface area contributed by atoms with E-state index < -0.39 is 16.8 Å². The first kappa shape index (κ1) is 22.6. The van der Waals surface area contributed by atoms with E-state index in [1.54, 1.807) is 22.8 Å². The largest absolute Gasteiger partial charge is 0.468 e. The molecular weight excluding hydrogens is 436 g/mol. The van der Waals surface area contributed by atoms with Crippen LogP contribution in [0.25, 0.3) is 16.3 Å². The van der Waals surface area contributed by atoms with Crippen molar-refractivity contribution in [3.8, 4) is 0 Å². The Labute approximate surface area is 185 Å². The van der Waals surface area contributed by atoms with Gasteiger partial charge in [-0.1, -0.05) is 11.3 Å². The van der Waals surface area contributed by atoms with Crippen LogP contribution in [0.15, 0.2) is 53.5 Å². The van der Waals surface area contributed by atoms with Crippen molar-refractivity contribution in [2.75, 3.05) is 12.4 Å². The molecule has 0 aliphatic rings. The van der Waals surface area contributed by atoms with Crippen molar-refractivity contribution in [3.63, 3.8) is 0 Å². The standard InChI is InChI=1S/C21H18N4O6S/c1-13(26)22-15-6-9-17-18(11-15)32-21(24(17)12-20(28)31-2)23-19(27)10-5-14-3-7-16(8-4-14)25(29)30/h3-11H,12H2,1-2H3,(H,22,26). The molecule has 2 amide bonds. The number of esters is 1. The average Bonchev–Trinajstić information content (AvgIpc) is 3.07. The van der Waals surface area contributed by atoms with Crippen LogP contribution in [0.1, 0.15) is 12.5 Å². The van der Waals surface area contributed by atoms with E-state index in [-0.39, 0.29) is 22.9 Å². The molecule has 0 atom stereocenters. The minimum Gasteiger partial charge on any atom is -0.468 e. The molecule has 0 spiro atoms. The lowest BCUT2D eigenvalue weighted by Crippen LogP contribution is -2.22. The van der Waals surface area contributed by atoms with E-state index in [9.17, 15) is 24.5 Å². The SMILES string of the molecule is COC(=O)Cn1c(=NC(=O)C=Cc2ccc([N+](=O)[O-])cc2)sc2cc(NC(C)=O)ccc21. The molecule has 1 heterocycles. The van der Waals surface area contributed by atoms with Crippen LogP contribution in [0.3, 0.4) is 0 Å². The van der Waals surface area contributed by atoms with Crippen LogP contribution in [0, 0.1) is 10.1 Å². The number of nitrogens with one attached hydrogen (secondary N) is 1. The van der Waals surface area contributed by atoms with Gasteiger partial charge in [-0.2, -0.15) is 4.99 Å². The van der Waals surface area contributed by atoms with Crippen molar-refractivity contribution < 1.29 is 24.0 Å². The smallest absolute Gasteiger partial charge is 0.325 e. The molecule has 0 aliphatic carbocycles. The normalized spacial score (nSPS) is 11.6. The van der Waals surface area contributed by atoms with Gasteiger partial charge in [-0.3, -0.25) is 24.5 Å². The maximum atomic E-state index is 12.4. The Balaban J connectivity index is 1.95. The first-order valence-electron chi connectivity index (χ1n) is 9.26. The van der Waals surface area contributed by atoms with E-state index in [4.69, 9.17) is 4.74 Å². The van der Waals surface area contributed by atoms with E-state index in [1.807, 2.05) is 0 Å².